The number of carbonyl (C=O) groups excluding carboxylic acids is 2. The second-order valence-corrected chi connectivity index (χ2v) is 4.45. The summed E-state index contributed by atoms with van der Waals surface area (Å²) in [4.78, 5) is 24.6. The summed E-state index contributed by atoms with van der Waals surface area (Å²) >= 11 is 0. The summed E-state index contributed by atoms with van der Waals surface area (Å²) in [5, 5.41) is 0. The van der Waals surface area contributed by atoms with Gasteiger partial charge in [-0.25, -0.2) is 4.79 Å². The molecular weight excluding hydrogens is 194 g/mol. The van der Waals surface area contributed by atoms with E-state index in [1.807, 2.05) is 11.0 Å². The highest BCUT2D eigenvalue weighted by molar-refractivity contribution is 5.86. The lowest BCUT2D eigenvalue weighted by Gasteiger charge is -2.42. The maximum absolute atomic E-state index is 11.6. The fourth-order valence-electron chi connectivity index (χ4n) is 2.99. The molecule has 15 heavy (non-hydrogen) atoms. The molecule has 0 aromatic heterocycles. The van der Waals surface area contributed by atoms with E-state index in [1.54, 1.807) is 0 Å². The largest absolute Gasteiger partial charge is 0.449 e. The molecule has 4 heteroatoms. The van der Waals surface area contributed by atoms with Crippen LogP contribution in [0.15, 0.2) is 12.2 Å². The molecule has 1 amide bonds. The Morgan fingerprint density at radius 2 is 2.33 bits per heavy atom. The molecule has 1 spiro atoms. The van der Waals surface area contributed by atoms with Gasteiger partial charge in [-0.1, -0.05) is 0 Å². The van der Waals surface area contributed by atoms with Crippen LogP contribution in [0.1, 0.15) is 25.7 Å². The molecule has 0 saturated carbocycles. The van der Waals surface area contributed by atoms with Gasteiger partial charge in [-0.3, -0.25) is 4.79 Å². The standard InChI is InChI=1S/C11H13NO3/c13-9-3-2-8-11(5-1-7-12(8)9)6-4-10(14)15-11/h4,6,8H,1-3,5,7H2/t8-,11-/m0/s1. The van der Waals surface area contributed by atoms with E-state index in [9.17, 15) is 9.59 Å². The average Bonchev–Trinajstić information content (AvgIpc) is 2.75. The van der Waals surface area contributed by atoms with E-state index in [4.69, 9.17) is 4.74 Å². The van der Waals surface area contributed by atoms with Crippen LogP contribution >= 0.6 is 0 Å². The monoisotopic (exact) mass is 207 g/mol. The van der Waals surface area contributed by atoms with Gasteiger partial charge in [0.15, 0.2) is 5.60 Å². The second kappa shape index (κ2) is 2.84. The van der Waals surface area contributed by atoms with Crippen molar-refractivity contribution in [1.82, 2.24) is 4.90 Å². The van der Waals surface area contributed by atoms with Gasteiger partial charge in [-0.05, 0) is 25.3 Å². The molecule has 80 valence electrons. The first kappa shape index (κ1) is 8.95. The molecular formula is C11H13NO3. The normalized spacial score (nSPS) is 38.7. The topological polar surface area (TPSA) is 46.6 Å². The van der Waals surface area contributed by atoms with Gasteiger partial charge in [-0.15, -0.1) is 0 Å². The van der Waals surface area contributed by atoms with E-state index in [0.717, 1.165) is 25.8 Å². The molecule has 0 N–H and O–H groups in total. The number of esters is 1. The Morgan fingerprint density at radius 1 is 1.47 bits per heavy atom. The van der Waals surface area contributed by atoms with Gasteiger partial charge in [0.05, 0.1) is 6.04 Å². The summed E-state index contributed by atoms with van der Waals surface area (Å²) in [6.45, 7) is 0.816. The van der Waals surface area contributed by atoms with Crippen molar-refractivity contribution in [3.05, 3.63) is 12.2 Å². The number of carbonyl (C=O) groups is 2. The summed E-state index contributed by atoms with van der Waals surface area (Å²) in [5.74, 6) is -0.0633. The molecule has 0 aromatic rings. The van der Waals surface area contributed by atoms with Gasteiger partial charge >= 0.3 is 5.97 Å². The third kappa shape index (κ3) is 1.14. The summed E-state index contributed by atoms with van der Waals surface area (Å²) in [5.41, 5.74) is -0.499. The highest BCUT2D eigenvalue weighted by Crippen LogP contribution is 2.41. The predicted molar refractivity (Wildman–Crippen MR) is 51.9 cm³/mol. The molecule has 0 bridgehead atoms. The average molecular weight is 207 g/mol. The first-order valence-corrected chi connectivity index (χ1v) is 5.43. The number of ether oxygens (including phenoxy) is 1. The van der Waals surface area contributed by atoms with Crippen molar-refractivity contribution in [3.8, 4) is 0 Å². The van der Waals surface area contributed by atoms with Gasteiger partial charge in [0, 0.05) is 19.0 Å². The highest BCUT2D eigenvalue weighted by atomic mass is 16.6. The van der Waals surface area contributed by atoms with E-state index < -0.39 is 5.60 Å². The molecule has 4 nitrogen and oxygen atoms in total. The number of hydrogen-bond donors (Lipinski definition) is 0. The second-order valence-electron chi connectivity index (χ2n) is 4.45. The minimum absolute atomic E-state index is 0.0847. The Balaban J connectivity index is 1.94. The molecule has 3 rings (SSSR count). The summed E-state index contributed by atoms with van der Waals surface area (Å²) in [7, 11) is 0. The number of nitrogens with zero attached hydrogens (tertiary/aromatic N) is 1. The van der Waals surface area contributed by atoms with Crippen LogP contribution < -0.4 is 0 Å². The summed E-state index contributed by atoms with van der Waals surface area (Å²) in [6, 6.07) is 0.0847. The van der Waals surface area contributed by atoms with E-state index >= 15 is 0 Å². The molecule has 2 atom stereocenters. The van der Waals surface area contributed by atoms with Gasteiger partial charge in [-0.2, -0.15) is 0 Å². The molecule has 3 aliphatic heterocycles. The zero-order valence-electron chi connectivity index (χ0n) is 8.44. The maximum atomic E-state index is 11.6. The summed E-state index contributed by atoms with van der Waals surface area (Å²) < 4.78 is 5.41. The Labute approximate surface area is 87.9 Å². The van der Waals surface area contributed by atoms with Crippen LogP contribution in [0.5, 0.6) is 0 Å². The van der Waals surface area contributed by atoms with Crippen molar-refractivity contribution in [2.75, 3.05) is 6.54 Å². The number of amides is 1. The molecule has 0 unspecified atom stereocenters. The van der Waals surface area contributed by atoms with Crippen LogP contribution in [-0.4, -0.2) is 35.0 Å². The molecule has 0 radical (unpaired) electrons. The molecule has 3 heterocycles. The van der Waals surface area contributed by atoms with Crippen molar-refractivity contribution in [3.63, 3.8) is 0 Å². The Hall–Kier alpha value is -1.32. The number of piperidine rings is 1. The minimum atomic E-state index is -0.499. The lowest BCUT2D eigenvalue weighted by Crippen LogP contribution is -2.54. The Bertz CT molecular complexity index is 363. The molecule has 0 aliphatic carbocycles. The van der Waals surface area contributed by atoms with Crippen molar-refractivity contribution in [2.24, 2.45) is 0 Å². The minimum Gasteiger partial charge on any atom is -0.449 e. The SMILES string of the molecule is O=C1C=C[C@]2(CCCN3C(=O)CC[C@H]32)O1. The fraction of sp³-hybridized carbons (Fsp3) is 0.636. The number of fused-ring (bicyclic) bond motifs is 2. The molecule has 3 aliphatic rings. The smallest absolute Gasteiger partial charge is 0.331 e. The third-order valence-electron chi connectivity index (χ3n) is 3.65. The number of rotatable bonds is 0. The quantitative estimate of drug-likeness (QED) is 0.547. The molecule has 2 fully saturated rings. The first-order chi connectivity index (χ1) is 7.21. The van der Waals surface area contributed by atoms with Crippen molar-refractivity contribution in [1.29, 1.82) is 0 Å². The zero-order chi connectivity index (χ0) is 10.5. The van der Waals surface area contributed by atoms with E-state index in [0.29, 0.717) is 6.42 Å². The Morgan fingerprint density at radius 3 is 3.07 bits per heavy atom. The van der Waals surface area contributed by atoms with Crippen LogP contribution in [0.4, 0.5) is 0 Å². The lowest BCUT2D eigenvalue weighted by molar-refractivity contribution is -0.157. The van der Waals surface area contributed by atoms with Crippen LogP contribution in [0, 0.1) is 0 Å². The van der Waals surface area contributed by atoms with E-state index in [1.165, 1.54) is 6.08 Å². The van der Waals surface area contributed by atoms with Gasteiger partial charge < -0.3 is 9.64 Å². The zero-order valence-corrected chi connectivity index (χ0v) is 8.44. The van der Waals surface area contributed by atoms with Gasteiger partial charge in [0.1, 0.15) is 0 Å². The number of hydrogen-bond acceptors (Lipinski definition) is 3. The Kier molecular flexibility index (Phi) is 1.69. The first-order valence-electron chi connectivity index (χ1n) is 5.43. The van der Waals surface area contributed by atoms with Crippen LogP contribution in [0.2, 0.25) is 0 Å². The van der Waals surface area contributed by atoms with E-state index in [-0.39, 0.29) is 17.9 Å². The maximum Gasteiger partial charge on any atom is 0.331 e. The van der Waals surface area contributed by atoms with Gasteiger partial charge in [0.25, 0.3) is 0 Å². The third-order valence-corrected chi connectivity index (χ3v) is 3.65. The van der Waals surface area contributed by atoms with Crippen LogP contribution in [0.3, 0.4) is 0 Å². The molecule has 2 saturated heterocycles. The van der Waals surface area contributed by atoms with Gasteiger partial charge in [0.2, 0.25) is 5.91 Å². The predicted octanol–water partition coefficient (Wildman–Crippen LogP) is 0.623. The van der Waals surface area contributed by atoms with Crippen molar-refractivity contribution in [2.45, 2.75) is 37.3 Å². The van der Waals surface area contributed by atoms with Crippen LogP contribution in [-0.2, 0) is 14.3 Å². The van der Waals surface area contributed by atoms with E-state index in [2.05, 4.69) is 0 Å². The van der Waals surface area contributed by atoms with Crippen molar-refractivity contribution < 1.29 is 14.3 Å². The summed E-state index contributed by atoms with van der Waals surface area (Å²) in [6.07, 6.45) is 6.52. The fourth-order valence-corrected chi connectivity index (χ4v) is 2.99. The lowest BCUT2D eigenvalue weighted by atomic mass is 9.84. The molecule has 0 aromatic carbocycles. The van der Waals surface area contributed by atoms with Crippen LogP contribution in [0.25, 0.3) is 0 Å². The highest BCUT2D eigenvalue weighted by Gasteiger charge is 2.52. The van der Waals surface area contributed by atoms with Crippen molar-refractivity contribution >= 4 is 11.9 Å².